The summed E-state index contributed by atoms with van der Waals surface area (Å²) in [5.41, 5.74) is 2.99. The van der Waals surface area contributed by atoms with Crippen molar-refractivity contribution in [2.45, 2.75) is 45.6 Å². The lowest BCUT2D eigenvalue weighted by molar-refractivity contribution is 0.0529. The monoisotopic (exact) mass is 431 g/mol. The lowest BCUT2D eigenvalue weighted by Gasteiger charge is -2.26. The van der Waals surface area contributed by atoms with Gasteiger partial charge in [0.05, 0.1) is 16.5 Å². The van der Waals surface area contributed by atoms with Gasteiger partial charge in [-0.05, 0) is 49.3 Å². The highest BCUT2D eigenvalue weighted by atomic mass is 32.1. The maximum absolute atomic E-state index is 13.1. The van der Waals surface area contributed by atoms with Crippen molar-refractivity contribution in [2.75, 3.05) is 0 Å². The van der Waals surface area contributed by atoms with Crippen molar-refractivity contribution < 1.29 is 9.59 Å². The molecule has 0 radical (unpaired) electrons. The van der Waals surface area contributed by atoms with Gasteiger partial charge in [-0.2, -0.15) is 0 Å². The summed E-state index contributed by atoms with van der Waals surface area (Å²) in [6, 6.07) is 6.42. The first-order valence-corrected chi connectivity index (χ1v) is 11.5. The predicted octanol–water partition coefficient (Wildman–Crippen LogP) is 4.21. The molecule has 1 aromatic carbocycles. The van der Waals surface area contributed by atoms with Crippen LogP contribution in [0.1, 0.15) is 69.7 Å². The summed E-state index contributed by atoms with van der Waals surface area (Å²) in [6.07, 6.45) is 6.20. The normalized spacial score (nSPS) is 17.1. The third-order valence-electron chi connectivity index (χ3n) is 6.31. The maximum Gasteiger partial charge on any atom is 0.262 e. The second-order valence-electron chi connectivity index (χ2n) is 8.59. The third-order valence-corrected chi connectivity index (χ3v) is 7.51. The number of hydrogen-bond acceptors (Lipinski definition) is 6. The number of carbonyl (C=O) groups is 2. The van der Waals surface area contributed by atoms with E-state index in [4.69, 9.17) is 10.1 Å². The standard InChI is InChI=1S/C23H21N5O2S/c1-12(2)18(28-22(29)13-7-3-4-8-14(13)23(28)30)19-25-20-17-15-9-5-6-10-16(15)31-21(17)24-11-27(20)26-19/h3-4,7-8,11-12,18H,5-6,9-10H2,1-2H3. The number of fused-ring (bicyclic) bond motifs is 6. The Hall–Kier alpha value is -3.13. The summed E-state index contributed by atoms with van der Waals surface area (Å²) in [4.78, 5) is 39.5. The van der Waals surface area contributed by atoms with Crippen LogP contribution in [-0.2, 0) is 12.8 Å². The average molecular weight is 432 g/mol. The molecule has 0 saturated carbocycles. The van der Waals surface area contributed by atoms with Crippen LogP contribution < -0.4 is 0 Å². The van der Waals surface area contributed by atoms with Crippen LogP contribution in [0.5, 0.6) is 0 Å². The smallest absolute Gasteiger partial charge is 0.262 e. The molecule has 2 aliphatic rings. The molecular weight excluding hydrogens is 410 g/mol. The molecule has 0 N–H and O–H groups in total. The molecule has 4 aromatic rings. The van der Waals surface area contributed by atoms with E-state index in [1.54, 1.807) is 46.4 Å². The number of rotatable bonds is 3. The molecule has 0 bridgehead atoms. The second-order valence-corrected chi connectivity index (χ2v) is 9.67. The van der Waals surface area contributed by atoms with E-state index < -0.39 is 6.04 Å². The minimum absolute atomic E-state index is 0.0422. The molecule has 7 nitrogen and oxygen atoms in total. The summed E-state index contributed by atoms with van der Waals surface area (Å²) < 4.78 is 1.70. The highest BCUT2D eigenvalue weighted by molar-refractivity contribution is 7.19. The van der Waals surface area contributed by atoms with Gasteiger partial charge in [0.25, 0.3) is 11.8 Å². The Balaban J connectivity index is 1.51. The van der Waals surface area contributed by atoms with E-state index in [0.29, 0.717) is 17.0 Å². The number of hydrogen-bond donors (Lipinski definition) is 0. The summed E-state index contributed by atoms with van der Waals surface area (Å²) >= 11 is 1.75. The predicted molar refractivity (Wildman–Crippen MR) is 117 cm³/mol. The van der Waals surface area contributed by atoms with E-state index in [1.165, 1.54) is 28.2 Å². The largest absolute Gasteiger partial charge is 0.269 e. The Morgan fingerprint density at radius 2 is 1.74 bits per heavy atom. The van der Waals surface area contributed by atoms with E-state index in [9.17, 15) is 9.59 Å². The molecule has 0 fully saturated rings. The number of nitrogens with zero attached hydrogens (tertiary/aromatic N) is 5. The zero-order valence-corrected chi connectivity index (χ0v) is 18.1. The SMILES string of the molecule is CC(C)C(c1nc2c3c4c(sc3ncn2n1)CCCC4)N1C(=O)c2ccccc2C1=O. The fourth-order valence-corrected chi connectivity index (χ4v) is 6.09. The van der Waals surface area contributed by atoms with Gasteiger partial charge < -0.3 is 0 Å². The van der Waals surface area contributed by atoms with Gasteiger partial charge in [0, 0.05) is 4.88 Å². The van der Waals surface area contributed by atoms with E-state index >= 15 is 0 Å². The Morgan fingerprint density at radius 1 is 1.03 bits per heavy atom. The number of thiophene rings is 1. The molecule has 0 saturated heterocycles. The van der Waals surface area contributed by atoms with Gasteiger partial charge in [-0.3, -0.25) is 14.5 Å². The van der Waals surface area contributed by atoms with Crippen molar-refractivity contribution in [1.29, 1.82) is 0 Å². The van der Waals surface area contributed by atoms with Crippen LogP contribution >= 0.6 is 11.3 Å². The van der Waals surface area contributed by atoms with Gasteiger partial charge in [0.2, 0.25) is 0 Å². The second kappa shape index (κ2) is 6.68. The van der Waals surface area contributed by atoms with Crippen molar-refractivity contribution in [3.8, 4) is 0 Å². The van der Waals surface area contributed by atoms with E-state index in [1.807, 2.05) is 13.8 Å². The summed E-state index contributed by atoms with van der Waals surface area (Å²) in [7, 11) is 0. The molecule has 156 valence electrons. The topological polar surface area (TPSA) is 80.5 Å². The minimum atomic E-state index is -0.545. The van der Waals surface area contributed by atoms with Gasteiger partial charge in [-0.15, -0.1) is 16.4 Å². The number of amides is 2. The molecule has 0 spiro atoms. The van der Waals surface area contributed by atoms with Crippen LogP contribution in [0.4, 0.5) is 0 Å². The van der Waals surface area contributed by atoms with Crippen molar-refractivity contribution in [2.24, 2.45) is 5.92 Å². The van der Waals surface area contributed by atoms with Crippen LogP contribution in [0.15, 0.2) is 30.6 Å². The molecule has 4 heterocycles. The summed E-state index contributed by atoms with van der Waals surface area (Å²) in [5, 5.41) is 5.77. The molecule has 1 unspecified atom stereocenters. The molecule has 8 heteroatoms. The van der Waals surface area contributed by atoms with E-state index in [-0.39, 0.29) is 17.7 Å². The highest BCUT2D eigenvalue weighted by Crippen LogP contribution is 2.39. The summed E-state index contributed by atoms with van der Waals surface area (Å²) in [5.74, 6) is -0.127. The summed E-state index contributed by atoms with van der Waals surface area (Å²) in [6.45, 7) is 3.97. The average Bonchev–Trinajstić information content (AvgIpc) is 3.42. The fourth-order valence-electron chi connectivity index (χ4n) is 4.87. The van der Waals surface area contributed by atoms with Crippen molar-refractivity contribution in [3.05, 3.63) is 58.0 Å². The van der Waals surface area contributed by atoms with Crippen LogP contribution in [0.2, 0.25) is 0 Å². The van der Waals surface area contributed by atoms with Crippen LogP contribution in [0.25, 0.3) is 15.9 Å². The molecule has 6 rings (SSSR count). The first kappa shape index (κ1) is 18.6. The highest BCUT2D eigenvalue weighted by Gasteiger charge is 2.43. The molecule has 1 aliphatic carbocycles. The lowest BCUT2D eigenvalue weighted by Crippen LogP contribution is -2.37. The quantitative estimate of drug-likeness (QED) is 0.454. The Kier molecular flexibility index (Phi) is 4.02. The van der Waals surface area contributed by atoms with Crippen LogP contribution in [0.3, 0.4) is 0 Å². The zero-order valence-electron chi connectivity index (χ0n) is 17.3. The third kappa shape index (κ3) is 2.61. The zero-order chi connectivity index (χ0) is 21.3. The maximum atomic E-state index is 13.1. The van der Waals surface area contributed by atoms with Gasteiger partial charge in [-0.25, -0.2) is 14.5 Å². The molecule has 1 atom stereocenters. The minimum Gasteiger partial charge on any atom is -0.269 e. The van der Waals surface area contributed by atoms with E-state index in [2.05, 4.69) is 4.98 Å². The Bertz CT molecular complexity index is 1350. The fraction of sp³-hybridized carbons (Fsp3) is 0.348. The van der Waals surface area contributed by atoms with Crippen LogP contribution in [-0.4, -0.2) is 36.3 Å². The number of carbonyl (C=O) groups excluding carboxylic acids is 2. The Morgan fingerprint density at radius 3 is 2.45 bits per heavy atom. The molecular formula is C23H21N5O2S. The molecule has 3 aromatic heterocycles. The Labute approximate surface area is 182 Å². The van der Waals surface area contributed by atoms with Gasteiger partial charge >= 0.3 is 0 Å². The van der Waals surface area contributed by atoms with Crippen molar-refractivity contribution >= 4 is 39.0 Å². The van der Waals surface area contributed by atoms with Gasteiger partial charge in [0.15, 0.2) is 11.5 Å². The number of aromatic nitrogens is 4. The van der Waals surface area contributed by atoms with Crippen LogP contribution in [0, 0.1) is 5.92 Å². The van der Waals surface area contributed by atoms with E-state index in [0.717, 1.165) is 28.7 Å². The number of benzene rings is 1. The molecule has 1 aliphatic heterocycles. The first-order valence-electron chi connectivity index (χ1n) is 10.7. The first-order chi connectivity index (χ1) is 15.0. The lowest BCUT2D eigenvalue weighted by atomic mass is 9.97. The molecule has 31 heavy (non-hydrogen) atoms. The van der Waals surface area contributed by atoms with Gasteiger partial charge in [-0.1, -0.05) is 26.0 Å². The van der Waals surface area contributed by atoms with Crippen molar-refractivity contribution in [3.63, 3.8) is 0 Å². The number of imide groups is 1. The van der Waals surface area contributed by atoms with Crippen molar-refractivity contribution in [1.82, 2.24) is 24.5 Å². The number of aryl methyl sites for hydroxylation is 2. The van der Waals surface area contributed by atoms with Gasteiger partial charge in [0.1, 0.15) is 17.2 Å². The molecule has 2 amide bonds.